The number of aromatic nitrogens is 1. The fraction of sp³-hybridized carbons (Fsp3) is 0.688. The summed E-state index contributed by atoms with van der Waals surface area (Å²) in [6.07, 6.45) is 2.23. The summed E-state index contributed by atoms with van der Waals surface area (Å²) in [5, 5.41) is 9.99. The van der Waals surface area contributed by atoms with Crippen LogP contribution in [0, 0.1) is 18.3 Å². The summed E-state index contributed by atoms with van der Waals surface area (Å²) in [5.74, 6) is 0.426. The maximum absolute atomic E-state index is 12.2. The van der Waals surface area contributed by atoms with Gasteiger partial charge in [0.1, 0.15) is 0 Å². The van der Waals surface area contributed by atoms with Gasteiger partial charge in [-0.15, -0.1) is 0 Å². The largest absolute Gasteiger partial charge is 0.393 e. The molecule has 19 heavy (non-hydrogen) atoms. The molecule has 1 fully saturated rings. The first-order valence-corrected chi connectivity index (χ1v) is 7.17. The first kappa shape index (κ1) is 14.3. The van der Waals surface area contributed by atoms with Crippen molar-refractivity contribution < 1.29 is 5.11 Å². The van der Waals surface area contributed by atoms with Crippen LogP contribution in [0.4, 0.5) is 0 Å². The van der Waals surface area contributed by atoms with Crippen molar-refractivity contribution in [3.8, 4) is 0 Å². The molecule has 106 valence electrons. The maximum atomic E-state index is 12.2. The second-order valence-electron chi connectivity index (χ2n) is 6.88. The lowest BCUT2D eigenvalue weighted by atomic mass is 9.68. The third kappa shape index (κ3) is 2.92. The molecule has 3 nitrogen and oxygen atoms in total. The molecular formula is C16H25NO2. The molecule has 0 radical (unpaired) electrons. The lowest BCUT2D eigenvalue weighted by molar-refractivity contribution is 0.0280. The van der Waals surface area contributed by atoms with Gasteiger partial charge in [-0.05, 0) is 43.6 Å². The molecule has 1 heterocycles. The molecule has 1 aliphatic rings. The van der Waals surface area contributed by atoms with Crippen molar-refractivity contribution in [2.45, 2.75) is 59.1 Å². The van der Waals surface area contributed by atoms with Gasteiger partial charge in [-0.25, -0.2) is 0 Å². The number of aryl methyl sites for hydroxylation is 1. The fourth-order valence-corrected chi connectivity index (χ4v) is 3.45. The van der Waals surface area contributed by atoms with E-state index in [1.165, 1.54) is 0 Å². The van der Waals surface area contributed by atoms with E-state index in [0.717, 1.165) is 18.5 Å². The predicted octanol–water partition coefficient (Wildman–Crippen LogP) is 2.90. The maximum Gasteiger partial charge on any atom is 0.250 e. The molecule has 0 aliphatic heterocycles. The van der Waals surface area contributed by atoms with Gasteiger partial charge in [-0.2, -0.15) is 0 Å². The molecule has 3 heteroatoms. The van der Waals surface area contributed by atoms with E-state index in [-0.39, 0.29) is 23.1 Å². The van der Waals surface area contributed by atoms with Crippen LogP contribution in [0.25, 0.3) is 0 Å². The van der Waals surface area contributed by atoms with Gasteiger partial charge in [-0.3, -0.25) is 4.79 Å². The average molecular weight is 263 g/mol. The highest BCUT2D eigenvalue weighted by Crippen LogP contribution is 2.44. The highest BCUT2D eigenvalue weighted by Gasteiger charge is 2.38. The average Bonchev–Trinajstić information content (AvgIpc) is 2.27. The van der Waals surface area contributed by atoms with Gasteiger partial charge in [0.25, 0.3) is 5.56 Å². The van der Waals surface area contributed by atoms with Crippen molar-refractivity contribution in [1.82, 2.24) is 4.57 Å². The summed E-state index contributed by atoms with van der Waals surface area (Å²) in [6, 6.07) is 5.51. The molecule has 0 spiro atoms. The third-order valence-corrected chi connectivity index (χ3v) is 4.43. The van der Waals surface area contributed by atoms with E-state index in [2.05, 4.69) is 20.8 Å². The number of nitrogens with zero attached hydrogens (tertiary/aromatic N) is 1. The van der Waals surface area contributed by atoms with Crippen LogP contribution in [0.3, 0.4) is 0 Å². The Morgan fingerprint density at radius 1 is 1.26 bits per heavy atom. The summed E-state index contributed by atoms with van der Waals surface area (Å²) in [5.41, 5.74) is 1.18. The molecule has 1 saturated carbocycles. The standard InChI is InChI=1S/C16H25NO2/c1-11-6-5-7-15(19)17(11)14-10-12(18)8-9-13(14)16(2,3)4/h5-7,12-14,18H,8-10H2,1-4H3. The highest BCUT2D eigenvalue weighted by molar-refractivity contribution is 5.08. The first-order chi connectivity index (χ1) is 8.80. The summed E-state index contributed by atoms with van der Waals surface area (Å²) in [7, 11) is 0. The van der Waals surface area contributed by atoms with E-state index in [0.29, 0.717) is 12.3 Å². The van der Waals surface area contributed by atoms with E-state index in [9.17, 15) is 9.90 Å². The number of aliphatic hydroxyl groups excluding tert-OH is 1. The third-order valence-electron chi connectivity index (χ3n) is 4.43. The Hall–Kier alpha value is -1.09. The zero-order chi connectivity index (χ0) is 14.2. The second-order valence-corrected chi connectivity index (χ2v) is 6.88. The number of hydrogen-bond acceptors (Lipinski definition) is 2. The van der Waals surface area contributed by atoms with Crippen LogP contribution in [0.5, 0.6) is 0 Å². The first-order valence-electron chi connectivity index (χ1n) is 7.17. The Labute approximate surface area is 115 Å². The minimum Gasteiger partial charge on any atom is -0.393 e. The molecule has 3 unspecified atom stereocenters. The molecular weight excluding hydrogens is 238 g/mol. The molecule has 0 amide bonds. The van der Waals surface area contributed by atoms with Gasteiger partial charge < -0.3 is 9.67 Å². The van der Waals surface area contributed by atoms with Crippen LogP contribution in [0.1, 0.15) is 51.8 Å². The van der Waals surface area contributed by atoms with E-state index in [1.807, 2.05) is 17.6 Å². The van der Waals surface area contributed by atoms with Crippen LogP contribution in [-0.2, 0) is 0 Å². The Morgan fingerprint density at radius 2 is 1.95 bits per heavy atom. The Morgan fingerprint density at radius 3 is 2.53 bits per heavy atom. The Bertz CT molecular complexity index is 498. The van der Waals surface area contributed by atoms with E-state index >= 15 is 0 Å². The number of pyridine rings is 1. The lowest BCUT2D eigenvalue weighted by Gasteiger charge is -2.43. The van der Waals surface area contributed by atoms with Crippen molar-refractivity contribution in [1.29, 1.82) is 0 Å². The fourth-order valence-electron chi connectivity index (χ4n) is 3.45. The molecule has 1 N–H and O–H groups in total. The molecule has 1 aromatic heterocycles. The monoisotopic (exact) mass is 263 g/mol. The van der Waals surface area contributed by atoms with Crippen LogP contribution in [0.2, 0.25) is 0 Å². The lowest BCUT2D eigenvalue weighted by Crippen LogP contribution is -2.41. The van der Waals surface area contributed by atoms with Gasteiger partial charge >= 0.3 is 0 Å². The normalized spacial score (nSPS) is 28.4. The SMILES string of the molecule is Cc1cccc(=O)n1C1CC(O)CCC1C(C)(C)C. The zero-order valence-corrected chi connectivity index (χ0v) is 12.4. The minimum absolute atomic E-state index is 0.0494. The summed E-state index contributed by atoms with van der Waals surface area (Å²) >= 11 is 0. The molecule has 1 aromatic rings. The number of hydrogen-bond donors (Lipinski definition) is 1. The van der Waals surface area contributed by atoms with Crippen molar-refractivity contribution in [2.75, 3.05) is 0 Å². The van der Waals surface area contributed by atoms with Crippen LogP contribution in [-0.4, -0.2) is 15.8 Å². The quantitative estimate of drug-likeness (QED) is 0.846. The van der Waals surface area contributed by atoms with Gasteiger partial charge in [0.05, 0.1) is 6.10 Å². The molecule has 0 aromatic carbocycles. The van der Waals surface area contributed by atoms with Crippen molar-refractivity contribution in [3.63, 3.8) is 0 Å². The second kappa shape index (κ2) is 5.12. The van der Waals surface area contributed by atoms with E-state index < -0.39 is 0 Å². The number of aliphatic hydroxyl groups is 1. The Kier molecular flexibility index (Phi) is 3.86. The van der Waals surface area contributed by atoms with Crippen LogP contribution in [0.15, 0.2) is 23.0 Å². The van der Waals surface area contributed by atoms with Crippen LogP contribution >= 0.6 is 0 Å². The molecule has 0 bridgehead atoms. The molecule has 0 saturated heterocycles. The van der Waals surface area contributed by atoms with Crippen molar-refractivity contribution >= 4 is 0 Å². The summed E-state index contributed by atoms with van der Waals surface area (Å²) < 4.78 is 1.89. The summed E-state index contributed by atoms with van der Waals surface area (Å²) in [6.45, 7) is 8.66. The van der Waals surface area contributed by atoms with Gasteiger partial charge in [0.15, 0.2) is 0 Å². The number of rotatable bonds is 1. The Balaban J connectivity index is 2.46. The minimum atomic E-state index is -0.282. The van der Waals surface area contributed by atoms with Gasteiger partial charge in [-0.1, -0.05) is 26.8 Å². The molecule has 2 rings (SSSR count). The van der Waals surface area contributed by atoms with Crippen molar-refractivity contribution in [2.24, 2.45) is 11.3 Å². The summed E-state index contributed by atoms with van der Waals surface area (Å²) in [4.78, 5) is 12.2. The van der Waals surface area contributed by atoms with Crippen LogP contribution < -0.4 is 5.56 Å². The predicted molar refractivity (Wildman–Crippen MR) is 77.3 cm³/mol. The smallest absolute Gasteiger partial charge is 0.250 e. The topological polar surface area (TPSA) is 42.2 Å². The van der Waals surface area contributed by atoms with E-state index in [1.54, 1.807) is 12.1 Å². The highest BCUT2D eigenvalue weighted by atomic mass is 16.3. The van der Waals surface area contributed by atoms with Gasteiger partial charge in [0.2, 0.25) is 0 Å². The van der Waals surface area contributed by atoms with Gasteiger partial charge in [0, 0.05) is 17.8 Å². The molecule has 3 atom stereocenters. The van der Waals surface area contributed by atoms with Crippen molar-refractivity contribution in [3.05, 3.63) is 34.2 Å². The molecule has 1 aliphatic carbocycles. The zero-order valence-electron chi connectivity index (χ0n) is 12.4. The van der Waals surface area contributed by atoms with E-state index in [4.69, 9.17) is 0 Å².